The smallest absolute Gasteiger partial charge is 0.218 e. The summed E-state index contributed by atoms with van der Waals surface area (Å²) in [7, 11) is 1.55. The first-order valence-electron chi connectivity index (χ1n) is 5.03. The second kappa shape index (κ2) is 4.79. The largest absolute Gasteiger partial charge is 0.481 e. The molecule has 0 radical (unpaired) electrons. The van der Waals surface area contributed by atoms with Crippen molar-refractivity contribution in [2.75, 3.05) is 12.4 Å². The molecule has 0 unspecified atom stereocenters. The molecule has 7 heteroatoms. The van der Waals surface area contributed by atoms with Crippen LogP contribution in [0.25, 0.3) is 0 Å². The highest BCUT2D eigenvalue weighted by atomic mass is 16.5. The van der Waals surface area contributed by atoms with Crippen LogP contribution in [-0.2, 0) is 6.61 Å². The molecule has 90 valence electrons. The minimum atomic E-state index is -0.0825. The molecule has 0 aliphatic carbocycles. The quantitative estimate of drug-likeness (QED) is 0.723. The predicted octanol–water partition coefficient (Wildman–Crippen LogP) is 0.753. The van der Waals surface area contributed by atoms with Gasteiger partial charge in [0.25, 0.3) is 0 Å². The van der Waals surface area contributed by atoms with Gasteiger partial charge in [0.1, 0.15) is 11.6 Å². The molecule has 0 saturated heterocycles. The van der Waals surface area contributed by atoms with Gasteiger partial charge in [-0.2, -0.15) is 10.1 Å². The number of ether oxygens (including phenoxy) is 1. The van der Waals surface area contributed by atoms with Crippen molar-refractivity contribution in [1.82, 2.24) is 20.2 Å². The molecular formula is C10H13N5O2. The number of aliphatic hydroxyl groups is 1. The summed E-state index contributed by atoms with van der Waals surface area (Å²) in [5, 5.41) is 18.5. The number of H-pyrrole nitrogens is 1. The van der Waals surface area contributed by atoms with E-state index in [1.807, 2.05) is 0 Å². The number of aromatic amines is 1. The summed E-state index contributed by atoms with van der Waals surface area (Å²) in [6, 6.07) is 3.37. The lowest BCUT2D eigenvalue weighted by atomic mass is 10.4. The maximum atomic E-state index is 8.90. The average molecular weight is 235 g/mol. The number of hydrogen-bond acceptors (Lipinski definition) is 6. The van der Waals surface area contributed by atoms with Crippen LogP contribution in [0.5, 0.6) is 5.88 Å². The summed E-state index contributed by atoms with van der Waals surface area (Å²) in [4.78, 5) is 8.27. The third-order valence-electron chi connectivity index (χ3n) is 2.08. The number of nitrogens with one attached hydrogen (secondary N) is 2. The van der Waals surface area contributed by atoms with Crippen LogP contribution in [-0.4, -0.2) is 32.4 Å². The number of hydrogen-bond donors (Lipinski definition) is 3. The fourth-order valence-corrected chi connectivity index (χ4v) is 1.35. The Kier molecular flexibility index (Phi) is 3.20. The predicted molar refractivity (Wildman–Crippen MR) is 61.1 cm³/mol. The summed E-state index contributed by atoms with van der Waals surface area (Å²) in [6.45, 7) is 1.69. The second-order valence-corrected chi connectivity index (χ2v) is 3.40. The summed E-state index contributed by atoms with van der Waals surface area (Å²) in [5.74, 6) is 2.25. The number of aliphatic hydroxyl groups excluding tert-OH is 1. The van der Waals surface area contributed by atoms with E-state index in [1.165, 1.54) is 0 Å². The monoisotopic (exact) mass is 235 g/mol. The standard InChI is InChI=1S/C10H13N5O2/c1-6-11-8(4-10(12-6)17-2)13-9-3-7(5-16)14-15-9/h3-4,16H,5H2,1-2H3,(H2,11,12,13,14,15). The third-order valence-corrected chi connectivity index (χ3v) is 2.08. The van der Waals surface area contributed by atoms with Gasteiger partial charge in [0.15, 0.2) is 5.82 Å². The summed E-state index contributed by atoms with van der Waals surface area (Å²) in [5.41, 5.74) is 0.630. The first-order chi connectivity index (χ1) is 8.21. The van der Waals surface area contributed by atoms with Crippen molar-refractivity contribution in [3.05, 3.63) is 23.7 Å². The van der Waals surface area contributed by atoms with E-state index in [-0.39, 0.29) is 6.61 Å². The van der Waals surface area contributed by atoms with E-state index in [0.29, 0.717) is 29.0 Å². The van der Waals surface area contributed by atoms with Gasteiger partial charge in [-0.1, -0.05) is 0 Å². The van der Waals surface area contributed by atoms with Gasteiger partial charge >= 0.3 is 0 Å². The molecule has 0 aliphatic rings. The van der Waals surface area contributed by atoms with Crippen molar-refractivity contribution in [3.63, 3.8) is 0 Å². The zero-order valence-electron chi connectivity index (χ0n) is 9.56. The topological polar surface area (TPSA) is 95.9 Å². The Morgan fingerprint density at radius 1 is 1.35 bits per heavy atom. The Balaban J connectivity index is 2.20. The molecule has 0 bridgehead atoms. The van der Waals surface area contributed by atoms with Crippen molar-refractivity contribution in [2.24, 2.45) is 0 Å². The lowest BCUT2D eigenvalue weighted by Gasteiger charge is -2.05. The molecule has 0 amide bonds. The van der Waals surface area contributed by atoms with Gasteiger partial charge in [0.2, 0.25) is 5.88 Å². The zero-order chi connectivity index (χ0) is 12.3. The van der Waals surface area contributed by atoms with Gasteiger partial charge in [0.05, 0.1) is 19.4 Å². The number of methoxy groups -OCH3 is 1. The first kappa shape index (κ1) is 11.3. The lowest BCUT2D eigenvalue weighted by molar-refractivity contribution is 0.276. The first-order valence-corrected chi connectivity index (χ1v) is 5.03. The molecule has 0 aliphatic heterocycles. The number of nitrogens with zero attached hydrogens (tertiary/aromatic N) is 3. The molecule has 17 heavy (non-hydrogen) atoms. The van der Waals surface area contributed by atoms with E-state index in [0.717, 1.165) is 0 Å². The SMILES string of the molecule is COc1cc(Nc2cc(CO)[nH]n2)nc(C)n1. The molecule has 0 fully saturated rings. The maximum absolute atomic E-state index is 8.90. The molecule has 0 spiro atoms. The van der Waals surface area contributed by atoms with Gasteiger partial charge in [0, 0.05) is 12.1 Å². The molecule has 2 aromatic heterocycles. The number of aromatic nitrogens is 4. The number of rotatable bonds is 4. The van der Waals surface area contributed by atoms with Crippen molar-refractivity contribution >= 4 is 11.6 Å². The average Bonchev–Trinajstić information content (AvgIpc) is 2.76. The van der Waals surface area contributed by atoms with Crippen molar-refractivity contribution in [2.45, 2.75) is 13.5 Å². The van der Waals surface area contributed by atoms with Crippen LogP contribution in [0.1, 0.15) is 11.5 Å². The Bertz CT molecular complexity index is 511. The number of anilines is 2. The van der Waals surface area contributed by atoms with E-state index >= 15 is 0 Å². The molecule has 2 rings (SSSR count). The third kappa shape index (κ3) is 2.70. The molecule has 0 aromatic carbocycles. The van der Waals surface area contributed by atoms with Crippen molar-refractivity contribution in [1.29, 1.82) is 0 Å². The van der Waals surface area contributed by atoms with Crippen LogP contribution in [0.15, 0.2) is 12.1 Å². The molecule has 3 N–H and O–H groups in total. The van der Waals surface area contributed by atoms with E-state index in [2.05, 4.69) is 25.5 Å². The van der Waals surface area contributed by atoms with E-state index in [1.54, 1.807) is 26.2 Å². The van der Waals surface area contributed by atoms with Crippen LogP contribution in [0.3, 0.4) is 0 Å². The van der Waals surface area contributed by atoms with E-state index in [9.17, 15) is 0 Å². The molecule has 2 aromatic rings. The van der Waals surface area contributed by atoms with Crippen LogP contribution < -0.4 is 10.1 Å². The van der Waals surface area contributed by atoms with Gasteiger partial charge in [-0.05, 0) is 6.92 Å². The molecule has 7 nitrogen and oxygen atoms in total. The zero-order valence-corrected chi connectivity index (χ0v) is 9.56. The van der Waals surface area contributed by atoms with Gasteiger partial charge in [-0.3, -0.25) is 5.10 Å². The fraction of sp³-hybridized carbons (Fsp3) is 0.300. The molecule has 2 heterocycles. The number of aryl methyl sites for hydroxylation is 1. The van der Waals surface area contributed by atoms with Gasteiger partial charge in [-0.25, -0.2) is 4.98 Å². The summed E-state index contributed by atoms with van der Waals surface area (Å²) < 4.78 is 5.04. The van der Waals surface area contributed by atoms with Gasteiger partial charge < -0.3 is 15.2 Å². The minimum absolute atomic E-state index is 0.0825. The summed E-state index contributed by atoms with van der Waals surface area (Å²) in [6.07, 6.45) is 0. The Labute approximate surface area is 97.9 Å². The Morgan fingerprint density at radius 3 is 2.82 bits per heavy atom. The van der Waals surface area contributed by atoms with Crippen molar-refractivity contribution in [3.8, 4) is 5.88 Å². The van der Waals surface area contributed by atoms with Crippen molar-refractivity contribution < 1.29 is 9.84 Å². The highest BCUT2D eigenvalue weighted by Crippen LogP contribution is 2.17. The van der Waals surface area contributed by atoms with Crippen LogP contribution in [0, 0.1) is 6.92 Å². The fourth-order valence-electron chi connectivity index (χ4n) is 1.35. The lowest BCUT2D eigenvalue weighted by Crippen LogP contribution is -1.99. The Hall–Kier alpha value is -2.15. The normalized spacial score (nSPS) is 10.3. The molecule has 0 atom stereocenters. The molecule has 0 saturated carbocycles. The highest BCUT2D eigenvalue weighted by molar-refractivity contribution is 5.52. The molecular weight excluding hydrogens is 222 g/mol. The van der Waals surface area contributed by atoms with Crippen LogP contribution in [0.4, 0.5) is 11.6 Å². The van der Waals surface area contributed by atoms with Gasteiger partial charge in [-0.15, -0.1) is 0 Å². The van der Waals surface area contributed by atoms with E-state index < -0.39 is 0 Å². The maximum Gasteiger partial charge on any atom is 0.218 e. The minimum Gasteiger partial charge on any atom is -0.481 e. The van der Waals surface area contributed by atoms with Crippen LogP contribution in [0.2, 0.25) is 0 Å². The van der Waals surface area contributed by atoms with Crippen LogP contribution >= 0.6 is 0 Å². The van der Waals surface area contributed by atoms with E-state index in [4.69, 9.17) is 9.84 Å². The highest BCUT2D eigenvalue weighted by Gasteiger charge is 2.04. The summed E-state index contributed by atoms with van der Waals surface area (Å²) >= 11 is 0. The second-order valence-electron chi connectivity index (χ2n) is 3.40. The Morgan fingerprint density at radius 2 is 2.18 bits per heavy atom.